The molecule has 1 heterocycles. The molecule has 1 saturated heterocycles. The Balaban J connectivity index is 1.72. The molecule has 2 N–H and O–H groups in total. The van der Waals surface area contributed by atoms with Crippen LogP contribution in [0.3, 0.4) is 0 Å². The smallest absolute Gasteiger partial charge is 0.338 e. The third-order valence-electron chi connectivity index (χ3n) is 5.23. The van der Waals surface area contributed by atoms with Crippen molar-refractivity contribution in [2.45, 2.75) is 26.3 Å². The fraction of sp³-hybridized carbons (Fsp3) is 0.292. The van der Waals surface area contributed by atoms with Crippen molar-refractivity contribution in [3.63, 3.8) is 0 Å². The molecule has 3 amide bonds. The Kier molecular flexibility index (Phi) is 8.37. The Morgan fingerprint density at radius 3 is 2.40 bits per heavy atom. The summed E-state index contributed by atoms with van der Waals surface area (Å²) in [5, 5.41) is 4.04. The van der Waals surface area contributed by atoms with Crippen LogP contribution in [0.2, 0.25) is 0 Å². The highest BCUT2D eigenvalue weighted by atomic mass is 32.1. The van der Waals surface area contributed by atoms with Gasteiger partial charge < -0.3 is 14.8 Å². The minimum Gasteiger partial charge on any atom is -0.497 e. The van der Waals surface area contributed by atoms with Gasteiger partial charge in [-0.05, 0) is 68.5 Å². The molecule has 1 atom stereocenters. The second-order valence-electron chi connectivity index (χ2n) is 7.47. The SMILES string of the molecule is CCOC(=O)c1ccc(NC(=O)C[C@H]2C(=O)N(CC)C(=S)N2NC(=O)c2cccc(OC)c2)cc1. The zero-order chi connectivity index (χ0) is 25.5. The quantitative estimate of drug-likeness (QED) is 0.400. The number of benzene rings is 2. The molecule has 11 heteroatoms. The summed E-state index contributed by atoms with van der Waals surface area (Å²) in [4.78, 5) is 51.6. The van der Waals surface area contributed by atoms with E-state index < -0.39 is 29.7 Å². The molecule has 2 aromatic carbocycles. The summed E-state index contributed by atoms with van der Waals surface area (Å²) in [5.74, 6) is -1.32. The largest absolute Gasteiger partial charge is 0.497 e. The maximum atomic E-state index is 12.9. The number of anilines is 1. The third kappa shape index (κ3) is 5.93. The molecule has 0 saturated carbocycles. The van der Waals surface area contributed by atoms with Gasteiger partial charge in [0.05, 0.1) is 25.7 Å². The normalized spacial score (nSPS) is 15.1. The van der Waals surface area contributed by atoms with Gasteiger partial charge in [-0.3, -0.25) is 24.7 Å². The number of hydrogen-bond acceptors (Lipinski definition) is 7. The molecule has 184 valence electrons. The minimum atomic E-state index is -1.02. The van der Waals surface area contributed by atoms with E-state index >= 15 is 0 Å². The van der Waals surface area contributed by atoms with Crippen LogP contribution in [0.4, 0.5) is 5.69 Å². The lowest BCUT2D eigenvalue weighted by Crippen LogP contribution is -2.49. The number of likely N-dealkylation sites (N-methyl/N-ethyl adjacent to an activating group) is 1. The second-order valence-corrected chi connectivity index (χ2v) is 7.84. The molecule has 0 spiro atoms. The number of ether oxygens (including phenoxy) is 2. The fourth-order valence-electron chi connectivity index (χ4n) is 3.47. The number of esters is 1. The summed E-state index contributed by atoms with van der Waals surface area (Å²) >= 11 is 5.39. The van der Waals surface area contributed by atoms with Crippen molar-refractivity contribution in [3.05, 3.63) is 59.7 Å². The second kappa shape index (κ2) is 11.4. The van der Waals surface area contributed by atoms with E-state index in [1.165, 1.54) is 29.2 Å². The topological polar surface area (TPSA) is 117 Å². The van der Waals surface area contributed by atoms with Gasteiger partial charge >= 0.3 is 5.97 Å². The van der Waals surface area contributed by atoms with Crippen LogP contribution in [0, 0.1) is 0 Å². The molecule has 0 aliphatic carbocycles. The van der Waals surface area contributed by atoms with E-state index in [-0.39, 0.29) is 24.7 Å². The van der Waals surface area contributed by atoms with Crippen molar-refractivity contribution in [1.82, 2.24) is 15.3 Å². The van der Waals surface area contributed by atoms with Crippen LogP contribution in [0.25, 0.3) is 0 Å². The van der Waals surface area contributed by atoms with Crippen molar-refractivity contribution >= 4 is 46.7 Å². The van der Waals surface area contributed by atoms with E-state index in [0.717, 1.165) is 0 Å². The average molecular weight is 499 g/mol. The Morgan fingerprint density at radius 1 is 1.06 bits per heavy atom. The first-order valence-corrected chi connectivity index (χ1v) is 11.4. The number of carbonyl (C=O) groups is 4. The summed E-state index contributed by atoms with van der Waals surface area (Å²) in [6.45, 7) is 4.01. The molecule has 2 aromatic rings. The Bertz CT molecular complexity index is 1140. The first-order chi connectivity index (χ1) is 16.8. The number of rotatable bonds is 9. The number of nitrogens with one attached hydrogen (secondary N) is 2. The molecule has 1 aliphatic rings. The van der Waals surface area contributed by atoms with Crippen LogP contribution >= 0.6 is 12.2 Å². The number of methoxy groups -OCH3 is 1. The highest BCUT2D eigenvalue weighted by Gasteiger charge is 2.43. The van der Waals surface area contributed by atoms with Gasteiger partial charge in [-0.25, -0.2) is 9.80 Å². The summed E-state index contributed by atoms with van der Waals surface area (Å²) in [5.41, 5.74) is 3.74. The van der Waals surface area contributed by atoms with E-state index in [9.17, 15) is 19.2 Å². The maximum absolute atomic E-state index is 12.9. The highest BCUT2D eigenvalue weighted by molar-refractivity contribution is 7.80. The lowest BCUT2D eigenvalue weighted by atomic mass is 10.1. The highest BCUT2D eigenvalue weighted by Crippen LogP contribution is 2.21. The van der Waals surface area contributed by atoms with E-state index in [2.05, 4.69) is 10.7 Å². The number of carbonyl (C=O) groups excluding carboxylic acids is 4. The van der Waals surface area contributed by atoms with Crippen molar-refractivity contribution in [2.24, 2.45) is 0 Å². The molecule has 1 fully saturated rings. The predicted octanol–water partition coefficient (Wildman–Crippen LogP) is 2.36. The zero-order valence-corrected chi connectivity index (χ0v) is 20.4. The van der Waals surface area contributed by atoms with E-state index in [4.69, 9.17) is 21.7 Å². The number of nitrogens with zero attached hydrogens (tertiary/aromatic N) is 2. The van der Waals surface area contributed by atoms with Crippen LogP contribution in [-0.4, -0.2) is 65.0 Å². The van der Waals surface area contributed by atoms with Gasteiger partial charge in [0, 0.05) is 17.8 Å². The number of amides is 3. The Hall–Kier alpha value is -3.99. The molecule has 0 aromatic heterocycles. The van der Waals surface area contributed by atoms with Gasteiger partial charge in [-0.15, -0.1) is 0 Å². The Morgan fingerprint density at radius 2 is 1.77 bits per heavy atom. The molecule has 0 bridgehead atoms. The van der Waals surface area contributed by atoms with Crippen molar-refractivity contribution in [3.8, 4) is 5.75 Å². The Labute approximate surface area is 208 Å². The zero-order valence-electron chi connectivity index (χ0n) is 19.6. The van der Waals surface area contributed by atoms with Crippen molar-refractivity contribution in [2.75, 3.05) is 25.6 Å². The van der Waals surface area contributed by atoms with Gasteiger partial charge in [0.1, 0.15) is 11.8 Å². The van der Waals surface area contributed by atoms with Gasteiger partial charge in [-0.1, -0.05) is 6.07 Å². The van der Waals surface area contributed by atoms with E-state index in [1.54, 1.807) is 50.2 Å². The minimum absolute atomic E-state index is 0.102. The maximum Gasteiger partial charge on any atom is 0.338 e. The summed E-state index contributed by atoms with van der Waals surface area (Å²) in [6.07, 6.45) is -0.256. The molecule has 1 aliphatic heterocycles. The summed E-state index contributed by atoms with van der Waals surface area (Å²) in [6, 6.07) is 11.7. The molecule has 10 nitrogen and oxygen atoms in total. The van der Waals surface area contributed by atoms with Gasteiger partial charge in [0.2, 0.25) is 5.91 Å². The van der Waals surface area contributed by atoms with Crippen LogP contribution in [0.1, 0.15) is 41.0 Å². The molecule has 3 rings (SSSR count). The standard InChI is InChI=1S/C24H26N4O6S/c1-4-27-22(31)19(14-20(29)25-17-11-9-15(10-12-17)23(32)34-5-2)28(24(27)35)26-21(30)16-7-6-8-18(13-16)33-3/h6-13,19H,4-5,14H2,1-3H3,(H,25,29)(H,26,30)/t19-/m0/s1. The fourth-order valence-corrected chi connectivity index (χ4v) is 3.87. The third-order valence-corrected chi connectivity index (χ3v) is 5.65. The lowest BCUT2D eigenvalue weighted by Gasteiger charge is -2.24. The van der Waals surface area contributed by atoms with E-state index in [0.29, 0.717) is 22.6 Å². The van der Waals surface area contributed by atoms with Crippen LogP contribution in [0.5, 0.6) is 5.75 Å². The van der Waals surface area contributed by atoms with Crippen molar-refractivity contribution < 1.29 is 28.7 Å². The molecular weight excluding hydrogens is 472 g/mol. The van der Waals surface area contributed by atoms with Gasteiger partial charge in [0.15, 0.2) is 5.11 Å². The van der Waals surface area contributed by atoms with Gasteiger partial charge in [-0.2, -0.15) is 0 Å². The first-order valence-electron chi connectivity index (χ1n) is 11.0. The summed E-state index contributed by atoms with van der Waals surface area (Å²) < 4.78 is 10.1. The van der Waals surface area contributed by atoms with Crippen molar-refractivity contribution in [1.29, 1.82) is 0 Å². The monoisotopic (exact) mass is 498 g/mol. The number of thiocarbonyl (C=S) groups is 1. The number of hydrazine groups is 1. The average Bonchev–Trinajstić information content (AvgIpc) is 3.07. The predicted molar refractivity (Wildman–Crippen MR) is 132 cm³/mol. The van der Waals surface area contributed by atoms with Crippen LogP contribution in [-0.2, 0) is 14.3 Å². The summed E-state index contributed by atoms with van der Waals surface area (Å²) in [7, 11) is 1.49. The van der Waals surface area contributed by atoms with E-state index in [1.807, 2.05) is 0 Å². The lowest BCUT2D eigenvalue weighted by molar-refractivity contribution is -0.130. The first kappa shape index (κ1) is 25.6. The number of hydrogen-bond donors (Lipinski definition) is 2. The molecule has 0 radical (unpaired) electrons. The molecule has 35 heavy (non-hydrogen) atoms. The van der Waals surface area contributed by atoms with Gasteiger partial charge in [0.25, 0.3) is 11.8 Å². The van der Waals surface area contributed by atoms with Crippen LogP contribution in [0.15, 0.2) is 48.5 Å². The molecule has 0 unspecified atom stereocenters. The molecular formula is C24H26N4O6S. The van der Waals surface area contributed by atoms with Crippen LogP contribution < -0.4 is 15.5 Å².